The van der Waals surface area contributed by atoms with Gasteiger partial charge < -0.3 is 6.92 Å². The molecule has 0 amide bonds. The molecule has 1 aliphatic carbocycles. The van der Waals surface area contributed by atoms with Gasteiger partial charge in [-0.2, -0.15) is 0 Å². The summed E-state index contributed by atoms with van der Waals surface area (Å²) in [7, 11) is 0. The Morgan fingerprint density at radius 1 is 0.917 bits per heavy atom. The summed E-state index contributed by atoms with van der Waals surface area (Å²) >= 11 is 0. The van der Waals surface area contributed by atoms with Crippen LogP contribution in [-0.4, -0.2) is 18.5 Å². The zero-order valence-corrected chi connectivity index (χ0v) is 5.91. The highest BCUT2D eigenvalue weighted by Gasteiger charge is 2.42. The zero-order chi connectivity index (χ0) is 9.46. The molecular formula is C7H6F5-. The molecule has 1 aliphatic rings. The summed E-state index contributed by atoms with van der Waals surface area (Å²) < 4.78 is 62.0. The van der Waals surface area contributed by atoms with Gasteiger partial charge >= 0.3 is 0 Å². The van der Waals surface area contributed by atoms with Crippen LogP contribution in [0.1, 0.15) is 0 Å². The van der Waals surface area contributed by atoms with Gasteiger partial charge in [0.25, 0.3) is 0 Å². The smallest absolute Gasteiger partial charge is 0.188 e. The van der Waals surface area contributed by atoms with Crippen LogP contribution in [0.2, 0.25) is 0 Å². The summed E-state index contributed by atoms with van der Waals surface area (Å²) in [5.41, 5.74) is 0. The zero-order valence-electron chi connectivity index (χ0n) is 5.91. The van der Waals surface area contributed by atoms with Crippen molar-refractivity contribution in [3.63, 3.8) is 0 Å². The van der Waals surface area contributed by atoms with Crippen molar-refractivity contribution in [1.82, 2.24) is 0 Å². The van der Waals surface area contributed by atoms with E-state index in [1.165, 1.54) is 0 Å². The van der Waals surface area contributed by atoms with E-state index in [-0.39, 0.29) is 0 Å². The third-order valence-electron chi connectivity index (χ3n) is 1.76. The Morgan fingerprint density at radius 3 is 1.92 bits per heavy atom. The van der Waals surface area contributed by atoms with Gasteiger partial charge in [0.1, 0.15) is 12.0 Å². The predicted molar refractivity (Wildman–Crippen MR) is 32.8 cm³/mol. The Labute approximate surface area is 66.1 Å². The molecule has 0 aromatic carbocycles. The molecular weight excluding hydrogens is 179 g/mol. The van der Waals surface area contributed by atoms with E-state index in [2.05, 4.69) is 6.92 Å². The van der Waals surface area contributed by atoms with E-state index in [4.69, 9.17) is 0 Å². The summed E-state index contributed by atoms with van der Waals surface area (Å²) in [6, 6.07) is 0. The van der Waals surface area contributed by atoms with Crippen LogP contribution in [0.25, 0.3) is 0 Å². The lowest BCUT2D eigenvalue weighted by Gasteiger charge is -2.30. The fourth-order valence-corrected chi connectivity index (χ4v) is 0.972. The number of rotatable bonds is 0. The summed E-state index contributed by atoms with van der Waals surface area (Å²) in [5.74, 6) is -5.30. The minimum Gasteiger partial charge on any atom is -0.331 e. The molecule has 0 spiro atoms. The Bertz CT molecular complexity index is 190. The SMILES string of the molecule is [CH2-]C1C(F)=C(F)C(F)C(F)C1F. The first-order chi connectivity index (χ1) is 5.46. The lowest BCUT2D eigenvalue weighted by molar-refractivity contribution is 0.0455. The second-order valence-corrected chi connectivity index (χ2v) is 2.59. The van der Waals surface area contributed by atoms with Gasteiger partial charge in [0.2, 0.25) is 0 Å². The molecule has 1 rings (SSSR count). The number of hydrogen-bond acceptors (Lipinski definition) is 0. The van der Waals surface area contributed by atoms with Gasteiger partial charge in [0.05, 0.1) is 0 Å². The highest BCUT2D eigenvalue weighted by Crippen LogP contribution is 2.36. The minimum absolute atomic E-state index is 1.64. The monoisotopic (exact) mass is 185 g/mol. The van der Waals surface area contributed by atoms with E-state index < -0.39 is 36.1 Å². The molecule has 4 unspecified atom stereocenters. The molecule has 0 saturated carbocycles. The summed E-state index contributed by atoms with van der Waals surface area (Å²) in [5, 5.41) is 0. The van der Waals surface area contributed by atoms with Crippen LogP contribution < -0.4 is 0 Å². The Kier molecular flexibility index (Phi) is 2.39. The third kappa shape index (κ3) is 1.21. The quantitative estimate of drug-likeness (QED) is 0.402. The average molecular weight is 185 g/mol. The molecule has 0 heterocycles. The predicted octanol–water partition coefficient (Wildman–Crippen LogP) is 2.62. The molecule has 12 heavy (non-hydrogen) atoms. The molecule has 0 bridgehead atoms. The van der Waals surface area contributed by atoms with Crippen LogP contribution in [0.5, 0.6) is 0 Å². The van der Waals surface area contributed by atoms with E-state index in [0.717, 1.165) is 0 Å². The molecule has 4 atom stereocenters. The van der Waals surface area contributed by atoms with E-state index in [0.29, 0.717) is 0 Å². The second kappa shape index (κ2) is 3.03. The Balaban J connectivity index is 3.00. The Morgan fingerprint density at radius 2 is 1.42 bits per heavy atom. The van der Waals surface area contributed by atoms with Crippen molar-refractivity contribution < 1.29 is 22.0 Å². The van der Waals surface area contributed by atoms with Crippen molar-refractivity contribution in [2.24, 2.45) is 5.92 Å². The molecule has 0 aliphatic heterocycles. The first-order valence-electron chi connectivity index (χ1n) is 3.27. The Hall–Kier alpha value is -0.610. The fraction of sp³-hybridized carbons (Fsp3) is 0.571. The number of alkyl halides is 3. The summed E-state index contributed by atoms with van der Waals surface area (Å²) in [4.78, 5) is 0. The highest BCUT2D eigenvalue weighted by molar-refractivity contribution is 5.19. The van der Waals surface area contributed by atoms with Crippen LogP contribution in [0, 0.1) is 12.8 Å². The van der Waals surface area contributed by atoms with E-state index in [1.54, 1.807) is 0 Å². The first-order valence-corrected chi connectivity index (χ1v) is 3.27. The van der Waals surface area contributed by atoms with Gasteiger partial charge in [-0.05, 0) is 0 Å². The van der Waals surface area contributed by atoms with Gasteiger partial charge in [-0.15, -0.1) is 0 Å². The van der Waals surface area contributed by atoms with Crippen molar-refractivity contribution >= 4 is 0 Å². The maximum Gasteiger partial charge on any atom is 0.188 e. The molecule has 0 aromatic rings. The normalized spacial score (nSPS) is 43.5. The van der Waals surface area contributed by atoms with Crippen LogP contribution >= 0.6 is 0 Å². The van der Waals surface area contributed by atoms with Crippen LogP contribution in [-0.2, 0) is 0 Å². The minimum atomic E-state index is -2.84. The first kappa shape index (κ1) is 9.48. The van der Waals surface area contributed by atoms with Gasteiger partial charge in [-0.1, -0.05) is 5.92 Å². The van der Waals surface area contributed by atoms with Gasteiger partial charge in [-0.25, -0.2) is 22.0 Å². The standard InChI is InChI=1S/C7H6F5/c1-2-3(8)5(10)7(12)6(11)4(2)9/h2-3,5,7H,1H2/q-1. The van der Waals surface area contributed by atoms with Crippen LogP contribution in [0.3, 0.4) is 0 Å². The highest BCUT2D eigenvalue weighted by atomic mass is 19.2. The van der Waals surface area contributed by atoms with Gasteiger partial charge in [0.15, 0.2) is 18.2 Å². The van der Waals surface area contributed by atoms with Crippen molar-refractivity contribution in [3.8, 4) is 0 Å². The molecule has 70 valence electrons. The van der Waals surface area contributed by atoms with Crippen molar-refractivity contribution in [2.75, 3.05) is 0 Å². The number of halogens is 5. The number of hydrogen-bond donors (Lipinski definition) is 0. The van der Waals surface area contributed by atoms with Gasteiger partial charge in [0, 0.05) is 0 Å². The fourth-order valence-electron chi connectivity index (χ4n) is 0.972. The molecule has 0 radical (unpaired) electrons. The van der Waals surface area contributed by atoms with Gasteiger partial charge in [-0.3, -0.25) is 0 Å². The molecule has 0 fully saturated rings. The molecule has 0 nitrogen and oxygen atoms in total. The van der Waals surface area contributed by atoms with E-state index in [1.807, 2.05) is 0 Å². The third-order valence-corrected chi connectivity index (χ3v) is 1.76. The summed E-state index contributed by atoms with van der Waals surface area (Å²) in [6.07, 6.45) is -7.91. The van der Waals surface area contributed by atoms with Crippen molar-refractivity contribution in [3.05, 3.63) is 18.6 Å². The second-order valence-electron chi connectivity index (χ2n) is 2.59. The van der Waals surface area contributed by atoms with E-state index in [9.17, 15) is 22.0 Å². The molecule has 0 saturated heterocycles. The largest absolute Gasteiger partial charge is 0.331 e. The molecule has 0 aromatic heterocycles. The van der Waals surface area contributed by atoms with Crippen LogP contribution in [0.4, 0.5) is 22.0 Å². The van der Waals surface area contributed by atoms with Crippen LogP contribution in [0.15, 0.2) is 11.7 Å². The molecule has 0 N–H and O–H groups in total. The summed E-state index contributed by atoms with van der Waals surface area (Å²) in [6.45, 7) is 2.84. The average Bonchev–Trinajstić information content (AvgIpc) is 2.08. The van der Waals surface area contributed by atoms with Crippen molar-refractivity contribution in [2.45, 2.75) is 18.5 Å². The lowest BCUT2D eigenvalue weighted by Crippen LogP contribution is -2.38. The maximum absolute atomic E-state index is 12.5. The lowest BCUT2D eigenvalue weighted by atomic mass is 9.91. The molecule has 5 heteroatoms. The number of allylic oxidation sites excluding steroid dienone is 2. The van der Waals surface area contributed by atoms with E-state index >= 15 is 0 Å². The van der Waals surface area contributed by atoms with Crippen molar-refractivity contribution in [1.29, 1.82) is 0 Å². The topological polar surface area (TPSA) is 0 Å². The maximum atomic E-state index is 12.5.